The largest absolute Gasteiger partial charge is 0.416 e. The van der Waals surface area contributed by atoms with Crippen LogP contribution in [0, 0.1) is 0 Å². The van der Waals surface area contributed by atoms with E-state index in [9.17, 15) is 13.2 Å². The third-order valence-electron chi connectivity index (χ3n) is 2.51. The molecule has 18 heavy (non-hydrogen) atoms. The lowest BCUT2D eigenvalue weighted by Crippen LogP contribution is -2.04. The zero-order valence-electron chi connectivity index (χ0n) is 9.41. The third-order valence-corrected chi connectivity index (χ3v) is 2.51. The van der Waals surface area contributed by atoms with Gasteiger partial charge in [0.2, 0.25) is 0 Å². The summed E-state index contributed by atoms with van der Waals surface area (Å²) in [7, 11) is 0. The second-order valence-corrected chi connectivity index (χ2v) is 3.76. The summed E-state index contributed by atoms with van der Waals surface area (Å²) in [6, 6.07) is 8.55. The van der Waals surface area contributed by atoms with Crippen LogP contribution in [0.5, 0.6) is 0 Å². The van der Waals surface area contributed by atoms with Crippen molar-refractivity contribution in [2.24, 2.45) is 0 Å². The summed E-state index contributed by atoms with van der Waals surface area (Å²) in [4.78, 5) is 4.07. The quantitative estimate of drug-likeness (QED) is 0.768. The van der Waals surface area contributed by atoms with Crippen molar-refractivity contribution in [1.29, 1.82) is 0 Å². The van der Waals surface area contributed by atoms with Crippen molar-refractivity contribution in [3.8, 4) is 11.3 Å². The third kappa shape index (κ3) is 2.59. The van der Waals surface area contributed by atoms with E-state index in [0.29, 0.717) is 11.3 Å². The molecule has 0 unspecified atom stereocenters. The number of hydrogen-bond acceptors (Lipinski definition) is 1. The summed E-state index contributed by atoms with van der Waals surface area (Å²) in [5.41, 5.74) is 1.08. The van der Waals surface area contributed by atoms with Gasteiger partial charge in [-0.05, 0) is 29.8 Å². The van der Waals surface area contributed by atoms with E-state index in [4.69, 9.17) is 0 Å². The van der Waals surface area contributed by atoms with E-state index < -0.39 is 11.7 Å². The number of pyridine rings is 1. The molecule has 1 aromatic carbocycles. The first kappa shape index (κ1) is 12.4. The molecule has 0 amide bonds. The van der Waals surface area contributed by atoms with Crippen molar-refractivity contribution in [1.82, 2.24) is 4.98 Å². The summed E-state index contributed by atoms with van der Waals surface area (Å²) in [5.74, 6) is 0. The van der Waals surface area contributed by atoms with Crippen molar-refractivity contribution in [2.45, 2.75) is 6.18 Å². The summed E-state index contributed by atoms with van der Waals surface area (Å²) >= 11 is 0. The van der Waals surface area contributed by atoms with E-state index in [1.165, 1.54) is 6.07 Å². The summed E-state index contributed by atoms with van der Waals surface area (Å²) in [6.45, 7) is 3.61. The highest BCUT2D eigenvalue weighted by atomic mass is 19.4. The molecule has 0 aliphatic heterocycles. The Hall–Kier alpha value is -2.10. The topological polar surface area (TPSA) is 12.9 Å². The number of benzene rings is 1. The minimum atomic E-state index is -4.34. The molecule has 0 aliphatic rings. The predicted molar refractivity (Wildman–Crippen MR) is 64.8 cm³/mol. The minimum absolute atomic E-state index is 0.438. The minimum Gasteiger partial charge on any atom is -0.256 e. The van der Waals surface area contributed by atoms with Crippen LogP contribution < -0.4 is 0 Å². The van der Waals surface area contributed by atoms with Crippen LogP contribution in [-0.2, 0) is 6.18 Å². The molecule has 0 spiro atoms. The van der Waals surface area contributed by atoms with Gasteiger partial charge in [0.25, 0.3) is 0 Å². The first-order valence-electron chi connectivity index (χ1n) is 5.27. The smallest absolute Gasteiger partial charge is 0.256 e. The number of alkyl halides is 3. The molecule has 92 valence electrons. The molecule has 0 N–H and O–H groups in total. The van der Waals surface area contributed by atoms with Gasteiger partial charge >= 0.3 is 6.18 Å². The van der Waals surface area contributed by atoms with Crippen molar-refractivity contribution in [2.75, 3.05) is 0 Å². The Morgan fingerprint density at radius 2 is 1.89 bits per heavy atom. The summed E-state index contributed by atoms with van der Waals surface area (Å²) in [6.07, 6.45) is -1.17. The monoisotopic (exact) mass is 249 g/mol. The van der Waals surface area contributed by atoms with Crippen LogP contribution in [0.15, 0.2) is 49.2 Å². The van der Waals surface area contributed by atoms with E-state index in [0.717, 1.165) is 17.7 Å². The molecule has 0 radical (unpaired) electrons. The Morgan fingerprint density at radius 3 is 2.56 bits per heavy atom. The van der Waals surface area contributed by atoms with Gasteiger partial charge in [-0.3, -0.25) is 4.98 Å². The van der Waals surface area contributed by atoms with Gasteiger partial charge in [-0.1, -0.05) is 24.8 Å². The predicted octanol–water partition coefficient (Wildman–Crippen LogP) is 4.41. The van der Waals surface area contributed by atoms with Crippen molar-refractivity contribution in [3.05, 3.63) is 60.3 Å². The summed E-state index contributed by atoms with van der Waals surface area (Å²) in [5, 5.41) is 0. The molecule has 0 saturated carbocycles. The average molecular weight is 249 g/mol. The molecule has 1 nitrogen and oxygen atoms in total. The Bertz CT molecular complexity index is 573. The van der Waals surface area contributed by atoms with Gasteiger partial charge in [0.1, 0.15) is 0 Å². The van der Waals surface area contributed by atoms with Crippen LogP contribution >= 0.6 is 0 Å². The van der Waals surface area contributed by atoms with E-state index in [1.54, 1.807) is 30.5 Å². The maximum Gasteiger partial charge on any atom is 0.416 e. The standard InChI is InChI=1S/C14H10F3N/c1-2-10-6-7-18-13(8-10)11-4-3-5-12(9-11)14(15,16)17/h2-9H,1H2. The van der Waals surface area contributed by atoms with Crippen molar-refractivity contribution >= 4 is 6.08 Å². The van der Waals surface area contributed by atoms with Gasteiger partial charge in [0.05, 0.1) is 11.3 Å². The highest BCUT2D eigenvalue weighted by Crippen LogP contribution is 2.31. The lowest BCUT2D eigenvalue weighted by Gasteiger charge is -2.08. The molecule has 0 bridgehead atoms. The fraction of sp³-hybridized carbons (Fsp3) is 0.0714. The van der Waals surface area contributed by atoms with E-state index >= 15 is 0 Å². The normalized spacial score (nSPS) is 11.3. The van der Waals surface area contributed by atoms with Crippen LogP contribution in [-0.4, -0.2) is 4.98 Å². The van der Waals surface area contributed by atoms with Gasteiger partial charge in [-0.2, -0.15) is 13.2 Å². The van der Waals surface area contributed by atoms with E-state index in [1.807, 2.05) is 0 Å². The molecular weight excluding hydrogens is 239 g/mol. The molecule has 1 aromatic heterocycles. The molecule has 2 aromatic rings. The van der Waals surface area contributed by atoms with Gasteiger partial charge in [0, 0.05) is 11.8 Å². The lowest BCUT2D eigenvalue weighted by atomic mass is 10.1. The van der Waals surface area contributed by atoms with Gasteiger partial charge in [-0.15, -0.1) is 0 Å². The fourth-order valence-corrected chi connectivity index (χ4v) is 1.59. The molecule has 0 fully saturated rings. The average Bonchev–Trinajstić information content (AvgIpc) is 2.38. The molecule has 2 rings (SSSR count). The zero-order valence-corrected chi connectivity index (χ0v) is 9.41. The molecule has 0 aliphatic carbocycles. The van der Waals surface area contributed by atoms with E-state index in [2.05, 4.69) is 11.6 Å². The summed E-state index contributed by atoms with van der Waals surface area (Å²) < 4.78 is 37.8. The Morgan fingerprint density at radius 1 is 1.11 bits per heavy atom. The molecule has 0 atom stereocenters. The molecule has 4 heteroatoms. The Labute approximate surface area is 103 Å². The lowest BCUT2D eigenvalue weighted by molar-refractivity contribution is -0.137. The molecular formula is C14H10F3N. The fourth-order valence-electron chi connectivity index (χ4n) is 1.59. The molecule has 0 saturated heterocycles. The first-order valence-corrected chi connectivity index (χ1v) is 5.27. The second-order valence-electron chi connectivity index (χ2n) is 3.76. The van der Waals surface area contributed by atoms with E-state index in [-0.39, 0.29) is 0 Å². The SMILES string of the molecule is C=Cc1ccnc(-c2cccc(C(F)(F)F)c2)c1. The zero-order chi connectivity index (χ0) is 13.2. The highest BCUT2D eigenvalue weighted by Gasteiger charge is 2.30. The number of nitrogens with zero attached hydrogens (tertiary/aromatic N) is 1. The van der Waals surface area contributed by atoms with Crippen LogP contribution in [0.4, 0.5) is 13.2 Å². The number of hydrogen-bond donors (Lipinski definition) is 0. The maximum atomic E-state index is 12.6. The maximum absolute atomic E-state index is 12.6. The van der Waals surface area contributed by atoms with Gasteiger partial charge < -0.3 is 0 Å². The Balaban J connectivity index is 2.47. The number of aromatic nitrogens is 1. The highest BCUT2D eigenvalue weighted by molar-refractivity contribution is 5.63. The number of rotatable bonds is 2. The van der Waals surface area contributed by atoms with Gasteiger partial charge in [0.15, 0.2) is 0 Å². The van der Waals surface area contributed by atoms with Crippen LogP contribution in [0.1, 0.15) is 11.1 Å². The molecule has 1 heterocycles. The van der Waals surface area contributed by atoms with Gasteiger partial charge in [-0.25, -0.2) is 0 Å². The van der Waals surface area contributed by atoms with Crippen LogP contribution in [0.3, 0.4) is 0 Å². The first-order chi connectivity index (χ1) is 8.50. The van der Waals surface area contributed by atoms with Crippen LogP contribution in [0.25, 0.3) is 17.3 Å². The van der Waals surface area contributed by atoms with Crippen molar-refractivity contribution in [3.63, 3.8) is 0 Å². The van der Waals surface area contributed by atoms with Crippen molar-refractivity contribution < 1.29 is 13.2 Å². The number of halogens is 3. The second kappa shape index (κ2) is 4.64. The van der Waals surface area contributed by atoms with Crippen LogP contribution in [0.2, 0.25) is 0 Å². The Kier molecular flexibility index (Phi) is 3.19.